The molecule has 3 aromatic rings. The summed E-state index contributed by atoms with van der Waals surface area (Å²) in [6.45, 7) is 4.87. The van der Waals surface area contributed by atoms with Gasteiger partial charge in [-0.3, -0.25) is 9.59 Å². The van der Waals surface area contributed by atoms with Gasteiger partial charge in [-0.15, -0.1) is 5.10 Å². The van der Waals surface area contributed by atoms with Crippen LogP contribution in [0.2, 0.25) is 0 Å². The number of aromatic nitrogens is 2. The summed E-state index contributed by atoms with van der Waals surface area (Å²) in [5.74, 6) is -2.50. The Morgan fingerprint density at radius 1 is 1.19 bits per heavy atom. The minimum absolute atomic E-state index is 0.0590. The Hall–Kier alpha value is -3.75. The van der Waals surface area contributed by atoms with Gasteiger partial charge < -0.3 is 14.5 Å². The van der Waals surface area contributed by atoms with Gasteiger partial charge >= 0.3 is 11.7 Å². The maximum atomic E-state index is 13.0. The van der Waals surface area contributed by atoms with E-state index in [0.717, 1.165) is 15.8 Å². The van der Waals surface area contributed by atoms with Crippen molar-refractivity contribution in [3.8, 4) is 11.5 Å². The molecule has 0 fully saturated rings. The first kappa shape index (κ1) is 21.9. The number of esters is 1. The second kappa shape index (κ2) is 9.38. The van der Waals surface area contributed by atoms with Gasteiger partial charge in [-0.25, -0.2) is 9.18 Å². The van der Waals surface area contributed by atoms with Crippen LogP contribution in [-0.4, -0.2) is 28.3 Å². The molecule has 9 heteroatoms. The fourth-order valence-electron chi connectivity index (χ4n) is 2.95. The molecule has 0 atom stereocenters. The van der Waals surface area contributed by atoms with Crippen LogP contribution in [0.1, 0.15) is 30.9 Å². The summed E-state index contributed by atoms with van der Waals surface area (Å²) in [6.07, 6.45) is 0. The van der Waals surface area contributed by atoms with Gasteiger partial charge in [0, 0.05) is 11.3 Å². The Balaban J connectivity index is 1.59. The van der Waals surface area contributed by atoms with Crippen LogP contribution in [0.4, 0.5) is 10.1 Å². The normalized spacial score (nSPS) is 10.9. The summed E-state index contributed by atoms with van der Waals surface area (Å²) in [7, 11) is 0. The number of amides is 1. The van der Waals surface area contributed by atoms with Crippen molar-refractivity contribution in [1.29, 1.82) is 0 Å². The summed E-state index contributed by atoms with van der Waals surface area (Å²) < 4.78 is 23.7. The number of hydrogen-bond acceptors (Lipinski definition) is 6. The van der Waals surface area contributed by atoms with Crippen molar-refractivity contribution in [1.82, 2.24) is 9.78 Å². The summed E-state index contributed by atoms with van der Waals surface area (Å²) in [4.78, 5) is 36.2. The third-order valence-electron chi connectivity index (χ3n) is 4.53. The first-order chi connectivity index (χ1) is 14.7. The number of ether oxygens (including phenoxy) is 1. The molecule has 162 valence electrons. The van der Waals surface area contributed by atoms with Crippen molar-refractivity contribution < 1.29 is 23.1 Å². The van der Waals surface area contributed by atoms with Crippen molar-refractivity contribution >= 4 is 17.6 Å². The number of carbonyl (C=O) groups excluding carboxylic acids is 2. The topological polar surface area (TPSA) is 103 Å². The largest absolute Gasteiger partial charge is 0.454 e. The Morgan fingerprint density at radius 2 is 1.90 bits per heavy atom. The average molecular weight is 427 g/mol. The highest BCUT2D eigenvalue weighted by Gasteiger charge is 2.17. The molecule has 1 N–H and O–H groups in total. The number of benzene rings is 2. The standard InChI is InChI=1S/C22H22FN3O5/c1-13(2)17-6-4-5-14(3)20(17)24-18(27)12-30-19(28)11-26-22(29)31-21(25-26)15-7-9-16(23)10-8-15/h4-10,13H,11-12H2,1-3H3,(H,24,27). The van der Waals surface area contributed by atoms with Gasteiger partial charge in [0.1, 0.15) is 12.4 Å². The molecule has 0 aliphatic rings. The number of anilines is 1. The molecular formula is C22H22FN3O5. The molecule has 0 spiro atoms. The van der Waals surface area contributed by atoms with Crippen LogP contribution in [-0.2, 0) is 20.9 Å². The molecule has 0 saturated heterocycles. The van der Waals surface area contributed by atoms with E-state index >= 15 is 0 Å². The van der Waals surface area contributed by atoms with Crippen LogP contribution in [0.5, 0.6) is 0 Å². The van der Waals surface area contributed by atoms with Gasteiger partial charge in [0.05, 0.1) is 0 Å². The minimum atomic E-state index is -0.873. The van der Waals surface area contributed by atoms with E-state index in [1.54, 1.807) is 0 Å². The number of nitrogens with one attached hydrogen (secondary N) is 1. The highest BCUT2D eigenvalue weighted by Crippen LogP contribution is 2.27. The summed E-state index contributed by atoms with van der Waals surface area (Å²) in [6, 6.07) is 10.9. The Bertz CT molecular complexity index is 1150. The number of nitrogens with zero attached hydrogens (tertiary/aromatic N) is 2. The van der Waals surface area contributed by atoms with E-state index in [1.165, 1.54) is 24.3 Å². The number of para-hydroxylation sites is 1. The second-order valence-corrected chi connectivity index (χ2v) is 7.24. The molecule has 0 aliphatic carbocycles. The number of hydrogen-bond donors (Lipinski definition) is 1. The van der Waals surface area contributed by atoms with Gasteiger partial charge in [0.2, 0.25) is 5.89 Å². The van der Waals surface area contributed by atoms with E-state index in [9.17, 15) is 18.8 Å². The number of aryl methyl sites for hydroxylation is 1. The van der Waals surface area contributed by atoms with Gasteiger partial charge in [-0.2, -0.15) is 4.68 Å². The van der Waals surface area contributed by atoms with Gasteiger partial charge in [-0.05, 0) is 48.2 Å². The smallest absolute Gasteiger partial charge is 0.437 e. The zero-order chi connectivity index (χ0) is 22.5. The van der Waals surface area contributed by atoms with Crippen LogP contribution < -0.4 is 11.1 Å². The minimum Gasteiger partial charge on any atom is -0.454 e. The molecule has 2 aromatic carbocycles. The highest BCUT2D eigenvalue weighted by atomic mass is 19.1. The molecule has 8 nitrogen and oxygen atoms in total. The third-order valence-corrected chi connectivity index (χ3v) is 4.53. The maximum Gasteiger partial charge on any atom is 0.437 e. The van der Waals surface area contributed by atoms with Crippen LogP contribution >= 0.6 is 0 Å². The molecule has 1 aromatic heterocycles. The number of carbonyl (C=O) groups is 2. The molecule has 0 saturated carbocycles. The molecule has 0 bridgehead atoms. The molecule has 0 aliphatic heterocycles. The summed E-state index contributed by atoms with van der Waals surface area (Å²) >= 11 is 0. The molecule has 31 heavy (non-hydrogen) atoms. The molecular weight excluding hydrogens is 405 g/mol. The van der Waals surface area contributed by atoms with E-state index < -0.39 is 36.6 Å². The Kier molecular flexibility index (Phi) is 6.64. The quantitative estimate of drug-likeness (QED) is 0.581. The second-order valence-electron chi connectivity index (χ2n) is 7.24. The number of rotatable bonds is 7. The molecule has 3 rings (SSSR count). The SMILES string of the molecule is Cc1cccc(C(C)C)c1NC(=O)COC(=O)Cn1nc(-c2ccc(F)cc2)oc1=O. The van der Waals surface area contributed by atoms with Crippen molar-refractivity contribution in [3.63, 3.8) is 0 Å². The lowest BCUT2D eigenvalue weighted by molar-refractivity contribution is -0.148. The Morgan fingerprint density at radius 3 is 2.58 bits per heavy atom. The van der Waals surface area contributed by atoms with Crippen LogP contribution in [0.3, 0.4) is 0 Å². The zero-order valence-electron chi connectivity index (χ0n) is 17.3. The fraction of sp³-hybridized carbons (Fsp3) is 0.273. The monoisotopic (exact) mass is 427 g/mol. The van der Waals surface area contributed by atoms with Crippen LogP contribution in [0.15, 0.2) is 51.7 Å². The summed E-state index contributed by atoms with van der Waals surface area (Å²) in [5.41, 5.74) is 2.94. The zero-order valence-corrected chi connectivity index (χ0v) is 17.3. The lowest BCUT2D eigenvalue weighted by Gasteiger charge is -2.16. The molecule has 1 heterocycles. The lowest BCUT2D eigenvalue weighted by atomic mass is 9.98. The van der Waals surface area contributed by atoms with E-state index in [-0.39, 0.29) is 11.8 Å². The van der Waals surface area contributed by atoms with Gasteiger partial charge in [0.15, 0.2) is 6.61 Å². The van der Waals surface area contributed by atoms with Crippen molar-refractivity contribution in [2.24, 2.45) is 0 Å². The van der Waals surface area contributed by atoms with Crippen molar-refractivity contribution in [3.05, 3.63) is 70.0 Å². The maximum absolute atomic E-state index is 13.0. The van der Waals surface area contributed by atoms with E-state index in [1.807, 2.05) is 39.0 Å². The predicted octanol–water partition coefficient (Wildman–Crippen LogP) is 3.26. The predicted molar refractivity (Wildman–Crippen MR) is 111 cm³/mol. The van der Waals surface area contributed by atoms with Gasteiger partial charge in [-0.1, -0.05) is 32.0 Å². The third kappa shape index (κ3) is 5.44. The van der Waals surface area contributed by atoms with Crippen LogP contribution in [0.25, 0.3) is 11.5 Å². The van der Waals surface area contributed by atoms with Crippen LogP contribution in [0, 0.1) is 12.7 Å². The highest BCUT2D eigenvalue weighted by molar-refractivity contribution is 5.94. The van der Waals surface area contributed by atoms with Crippen molar-refractivity contribution in [2.45, 2.75) is 33.2 Å². The molecule has 0 radical (unpaired) electrons. The summed E-state index contributed by atoms with van der Waals surface area (Å²) in [5, 5.41) is 6.67. The van der Waals surface area contributed by atoms with Gasteiger partial charge in [0.25, 0.3) is 5.91 Å². The van der Waals surface area contributed by atoms with E-state index in [2.05, 4.69) is 10.4 Å². The molecule has 1 amide bonds. The average Bonchev–Trinajstić information content (AvgIpc) is 3.08. The first-order valence-corrected chi connectivity index (χ1v) is 9.63. The lowest BCUT2D eigenvalue weighted by Crippen LogP contribution is -2.27. The van der Waals surface area contributed by atoms with E-state index in [4.69, 9.17) is 9.15 Å². The fourth-order valence-corrected chi connectivity index (χ4v) is 2.95. The Labute approximate surface area is 177 Å². The first-order valence-electron chi connectivity index (χ1n) is 9.63. The number of halogens is 1. The molecule has 0 unspecified atom stereocenters. The van der Waals surface area contributed by atoms with Crippen molar-refractivity contribution in [2.75, 3.05) is 11.9 Å². The van der Waals surface area contributed by atoms with E-state index in [0.29, 0.717) is 11.3 Å².